The largest absolute Gasteiger partial charge is 0.332 e. The third-order valence-corrected chi connectivity index (χ3v) is 4.42. The lowest BCUT2D eigenvalue weighted by molar-refractivity contribution is 0.0977. The number of amides is 1. The Balaban J connectivity index is 2.05. The first-order chi connectivity index (χ1) is 11.0. The Hall–Kier alpha value is -1.72. The number of thiocarbonyl (C=S) groups is 1. The summed E-state index contributed by atoms with van der Waals surface area (Å²) in [4.78, 5) is 12.2. The van der Waals surface area contributed by atoms with Crippen LogP contribution in [0.25, 0.3) is 0 Å². The van der Waals surface area contributed by atoms with Crippen LogP contribution in [0, 0.1) is 0 Å². The van der Waals surface area contributed by atoms with Crippen molar-refractivity contribution in [2.24, 2.45) is 0 Å². The molecule has 0 unspecified atom stereocenters. The molecule has 1 amide bonds. The first-order valence-corrected chi connectivity index (χ1v) is 8.68. The quantitative estimate of drug-likeness (QED) is 0.714. The van der Waals surface area contributed by atoms with Gasteiger partial charge in [0, 0.05) is 15.7 Å². The molecule has 0 bridgehead atoms. The molecule has 0 spiro atoms. The van der Waals surface area contributed by atoms with E-state index >= 15 is 0 Å². The number of halogens is 1. The number of rotatable bonds is 4. The smallest absolute Gasteiger partial charge is 0.257 e. The van der Waals surface area contributed by atoms with Crippen molar-refractivity contribution in [3.8, 4) is 0 Å². The van der Waals surface area contributed by atoms with Crippen molar-refractivity contribution in [2.45, 2.75) is 26.2 Å². The summed E-state index contributed by atoms with van der Waals surface area (Å²) in [6.07, 6.45) is 1.04. The van der Waals surface area contributed by atoms with Gasteiger partial charge in [-0.1, -0.05) is 48.0 Å². The first-order valence-electron chi connectivity index (χ1n) is 7.48. The van der Waals surface area contributed by atoms with E-state index < -0.39 is 0 Å². The van der Waals surface area contributed by atoms with Crippen LogP contribution < -0.4 is 10.6 Å². The first kappa shape index (κ1) is 17.6. The van der Waals surface area contributed by atoms with Crippen LogP contribution in [0.1, 0.15) is 42.1 Å². The third kappa shape index (κ3) is 4.88. The molecule has 0 aliphatic heterocycles. The molecular weight excluding hydrogens is 372 g/mol. The second kappa shape index (κ2) is 8.22. The predicted molar refractivity (Wildman–Crippen MR) is 103 cm³/mol. The van der Waals surface area contributed by atoms with Gasteiger partial charge in [0.25, 0.3) is 5.91 Å². The van der Waals surface area contributed by atoms with E-state index in [9.17, 15) is 4.79 Å². The zero-order valence-corrected chi connectivity index (χ0v) is 15.5. The van der Waals surface area contributed by atoms with Gasteiger partial charge in [0.1, 0.15) is 0 Å². The molecule has 0 saturated heterocycles. The number of anilines is 1. The summed E-state index contributed by atoms with van der Waals surface area (Å²) in [6.45, 7) is 4.32. The minimum absolute atomic E-state index is 0.226. The van der Waals surface area contributed by atoms with Gasteiger partial charge in [-0.25, -0.2) is 0 Å². The van der Waals surface area contributed by atoms with Crippen molar-refractivity contribution in [3.05, 3.63) is 64.1 Å². The molecule has 0 aliphatic carbocycles. The number of para-hydroxylation sites is 1. The number of nitrogens with one attached hydrogen (secondary N) is 2. The highest BCUT2D eigenvalue weighted by Crippen LogP contribution is 2.26. The van der Waals surface area contributed by atoms with Crippen LogP contribution in [-0.4, -0.2) is 11.0 Å². The third-order valence-electron chi connectivity index (χ3n) is 3.69. The SMILES string of the molecule is CC[C@H](C)c1ccccc1NC(=S)NC(=O)c1ccc(Br)cc1. The van der Waals surface area contributed by atoms with Gasteiger partial charge in [-0.2, -0.15) is 0 Å². The summed E-state index contributed by atoms with van der Waals surface area (Å²) in [7, 11) is 0. The Morgan fingerprint density at radius 2 is 1.83 bits per heavy atom. The van der Waals surface area contributed by atoms with Crippen molar-refractivity contribution in [1.82, 2.24) is 5.32 Å². The Morgan fingerprint density at radius 1 is 1.17 bits per heavy atom. The summed E-state index contributed by atoms with van der Waals surface area (Å²) in [5.41, 5.74) is 2.69. The van der Waals surface area contributed by atoms with Crippen molar-refractivity contribution in [3.63, 3.8) is 0 Å². The molecule has 2 aromatic rings. The molecule has 0 aliphatic rings. The molecule has 0 fully saturated rings. The lowest BCUT2D eigenvalue weighted by atomic mass is 9.97. The summed E-state index contributed by atoms with van der Waals surface area (Å²) in [6, 6.07) is 15.1. The van der Waals surface area contributed by atoms with E-state index in [1.165, 1.54) is 5.56 Å². The van der Waals surface area contributed by atoms with Gasteiger partial charge >= 0.3 is 0 Å². The van der Waals surface area contributed by atoms with Crippen molar-refractivity contribution in [1.29, 1.82) is 0 Å². The molecule has 0 aromatic heterocycles. The number of hydrogen-bond donors (Lipinski definition) is 2. The van der Waals surface area contributed by atoms with Crippen molar-refractivity contribution in [2.75, 3.05) is 5.32 Å². The molecule has 2 rings (SSSR count). The van der Waals surface area contributed by atoms with Crippen LogP contribution in [0.2, 0.25) is 0 Å². The van der Waals surface area contributed by atoms with E-state index in [2.05, 4.69) is 46.5 Å². The zero-order chi connectivity index (χ0) is 16.8. The van der Waals surface area contributed by atoms with Gasteiger partial charge in [-0.15, -0.1) is 0 Å². The maximum Gasteiger partial charge on any atom is 0.257 e. The van der Waals surface area contributed by atoms with Crippen LogP contribution in [0.3, 0.4) is 0 Å². The molecule has 0 heterocycles. The average Bonchev–Trinajstić information content (AvgIpc) is 2.55. The lowest BCUT2D eigenvalue weighted by Crippen LogP contribution is -2.34. The second-order valence-corrected chi connectivity index (χ2v) is 6.64. The van der Waals surface area contributed by atoms with Crippen LogP contribution >= 0.6 is 28.1 Å². The van der Waals surface area contributed by atoms with E-state index in [1.807, 2.05) is 30.3 Å². The number of carbonyl (C=O) groups excluding carboxylic acids is 1. The summed E-state index contributed by atoms with van der Waals surface area (Å²) < 4.78 is 0.928. The van der Waals surface area contributed by atoms with Crippen molar-refractivity contribution < 1.29 is 4.79 Å². The van der Waals surface area contributed by atoms with Crippen LogP contribution in [0.5, 0.6) is 0 Å². The molecule has 120 valence electrons. The summed E-state index contributed by atoms with van der Waals surface area (Å²) >= 11 is 8.62. The van der Waals surface area contributed by atoms with E-state index in [4.69, 9.17) is 12.2 Å². The van der Waals surface area contributed by atoms with Gasteiger partial charge in [-0.05, 0) is 60.5 Å². The average molecular weight is 391 g/mol. The van der Waals surface area contributed by atoms with Crippen LogP contribution in [-0.2, 0) is 0 Å². The van der Waals surface area contributed by atoms with Gasteiger partial charge in [0.15, 0.2) is 5.11 Å². The summed E-state index contributed by atoms with van der Waals surface area (Å²) in [5.74, 6) is 0.194. The fraction of sp³-hybridized carbons (Fsp3) is 0.222. The van der Waals surface area contributed by atoms with Crippen LogP contribution in [0.4, 0.5) is 5.69 Å². The molecule has 2 aromatic carbocycles. The minimum atomic E-state index is -0.226. The van der Waals surface area contributed by atoms with Gasteiger partial charge in [0.2, 0.25) is 0 Å². The molecule has 1 atom stereocenters. The molecule has 0 radical (unpaired) electrons. The highest BCUT2D eigenvalue weighted by molar-refractivity contribution is 9.10. The molecule has 5 heteroatoms. The predicted octanol–water partition coefficient (Wildman–Crippen LogP) is 5.09. The van der Waals surface area contributed by atoms with Crippen molar-refractivity contribution >= 4 is 44.9 Å². The molecular formula is C18H19BrN2OS. The van der Waals surface area contributed by atoms with Gasteiger partial charge in [0.05, 0.1) is 0 Å². The molecule has 0 saturated carbocycles. The fourth-order valence-electron chi connectivity index (χ4n) is 2.19. The Kier molecular flexibility index (Phi) is 6.30. The number of benzene rings is 2. The Bertz CT molecular complexity index is 700. The van der Waals surface area contributed by atoms with E-state index in [0.29, 0.717) is 16.6 Å². The van der Waals surface area contributed by atoms with E-state index in [1.54, 1.807) is 12.1 Å². The molecule has 2 N–H and O–H groups in total. The highest BCUT2D eigenvalue weighted by Gasteiger charge is 2.11. The molecule has 23 heavy (non-hydrogen) atoms. The fourth-order valence-corrected chi connectivity index (χ4v) is 2.66. The number of hydrogen-bond acceptors (Lipinski definition) is 2. The maximum atomic E-state index is 12.2. The van der Waals surface area contributed by atoms with Gasteiger partial charge < -0.3 is 5.32 Å². The standard InChI is InChI=1S/C18H19BrN2OS/c1-3-12(2)15-6-4-5-7-16(15)20-18(23)21-17(22)13-8-10-14(19)11-9-13/h4-12H,3H2,1-2H3,(H2,20,21,22,23)/t12-/m0/s1. The topological polar surface area (TPSA) is 41.1 Å². The van der Waals surface area contributed by atoms with Crippen LogP contribution in [0.15, 0.2) is 53.0 Å². The van der Waals surface area contributed by atoms with E-state index in [-0.39, 0.29) is 5.91 Å². The Morgan fingerprint density at radius 3 is 2.48 bits per heavy atom. The minimum Gasteiger partial charge on any atom is -0.332 e. The summed E-state index contributed by atoms with van der Waals surface area (Å²) in [5, 5.41) is 6.14. The van der Waals surface area contributed by atoms with Gasteiger partial charge in [-0.3, -0.25) is 10.1 Å². The normalized spacial score (nSPS) is 11.6. The van der Waals surface area contributed by atoms with E-state index in [0.717, 1.165) is 16.6 Å². The highest BCUT2D eigenvalue weighted by atomic mass is 79.9. The number of carbonyl (C=O) groups is 1. The Labute approximate surface area is 150 Å². The molecule has 3 nitrogen and oxygen atoms in total. The zero-order valence-electron chi connectivity index (χ0n) is 13.1. The lowest BCUT2D eigenvalue weighted by Gasteiger charge is -2.17. The second-order valence-electron chi connectivity index (χ2n) is 5.31. The monoisotopic (exact) mass is 390 g/mol. The maximum absolute atomic E-state index is 12.2.